The van der Waals surface area contributed by atoms with Crippen LogP contribution in [-0.4, -0.2) is 25.2 Å². The summed E-state index contributed by atoms with van der Waals surface area (Å²) in [4.78, 5) is 11.5. The molecule has 1 aliphatic rings. The molecule has 1 atom stereocenters. The zero-order valence-electron chi connectivity index (χ0n) is 9.46. The van der Waals surface area contributed by atoms with E-state index in [9.17, 15) is 4.79 Å². The van der Waals surface area contributed by atoms with Gasteiger partial charge in [0, 0.05) is 0 Å². The van der Waals surface area contributed by atoms with E-state index in [0.717, 1.165) is 32.2 Å². The molecular weight excluding hydrogens is 214 g/mol. The largest absolute Gasteiger partial charge is 0.465 e. The summed E-state index contributed by atoms with van der Waals surface area (Å²) in [6, 6.07) is -0.0367. The topological polar surface area (TPSA) is 38.3 Å². The van der Waals surface area contributed by atoms with Crippen LogP contribution in [0.3, 0.4) is 0 Å². The van der Waals surface area contributed by atoms with Gasteiger partial charge in [0.15, 0.2) is 0 Å². The van der Waals surface area contributed by atoms with Crippen LogP contribution < -0.4 is 5.32 Å². The van der Waals surface area contributed by atoms with Crippen LogP contribution in [0.15, 0.2) is 0 Å². The van der Waals surface area contributed by atoms with E-state index in [1.807, 2.05) is 0 Å². The number of carbonyl (C=O) groups is 1. The van der Waals surface area contributed by atoms with Crippen molar-refractivity contribution in [3.8, 4) is 0 Å². The summed E-state index contributed by atoms with van der Waals surface area (Å²) in [5.74, 6) is -0.0548. The number of nitrogens with one attached hydrogen (secondary N) is 1. The van der Waals surface area contributed by atoms with Crippen molar-refractivity contribution in [2.24, 2.45) is 0 Å². The van der Waals surface area contributed by atoms with Crippen LogP contribution in [0.4, 0.5) is 0 Å². The maximum atomic E-state index is 11.5. The van der Waals surface area contributed by atoms with Gasteiger partial charge in [-0.1, -0.05) is 26.2 Å². The molecule has 1 N–H and O–H groups in total. The van der Waals surface area contributed by atoms with Gasteiger partial charge in [-0.05, 0) is 25.8 Å². The molecule has 0 aromatic heterocycles. The van der Waals surface area contributed by atoms with E-state index in [2.05, 4.69) is 12.2 Å². The third-order valence-electron chi connectivity index (χ3n) is 2.59. The Balaban J connectivity index is 0.00000196. The van der Waals surface area contributed by atoms with Gasteiger partial charge in [0.25, 0.3) is 0 Å². The van der Waals surface area contributed by atoms with Gasteiger partial charge in [-0.25, -0.2) is 0 Å². The minimum Gasteiger partial charge on any atom is -0.465 e. The molecule has 1 rings (SSSR count). The Hall–Kier alpha value is -0.280. The fourth-order valence-corrected chi connectivity index (χ4v) is 1.68. The zero-order valence-corrected chi connectivity index (χ0v) is 10.3. The highest BCUT2D eigenvalue weighted by atomic mass is 35.5. The van der Waals surface area contributed by atoms with Crippen LogP contribution in [0, 0.1) is 0 Å². The Morgan fingerprint density at radius 2 is 2.20 bits per heavy atom. The quantitative estimate of drug-likeness (QED) is 0.587. The number of hydrogen-bond acceptors (Lipinski definition) is 3. The summed E-state index contributed by atoms with van der Waals surface area (Å²) in [6.45, 7) is 3.68. The summed E-state index contributed by atoms with van der Waals surface area (Å²) in [6.07, 6.45) is 6.56. The first-order valence-corrected chi connectivity index (χ1v) is 5.74. The van der Waals surface area contributed by atoms with Crippen molar-refractivity contribution in [3.63, 3.8) is 0 Å². The van der Waals surface area contributed by atoms with E-state index in [-0.39, 0.29) is 24.4 Å². The number of ether oxygens (including phenoxy) is 1. The third-order valence-corrected chi connectivity index (χ3v) is 2.59. The maximum Gasteiger partial charge on any atom is 0.323 e. The van der Waals surface area contributed by atoms with Crippen LogP contribution >= 0.6 is 12.4 Å². The molecule has 1 unspecified atom stereocenters. The molecule has 0 spiro atoms. The molecule has 15 heavy (non-hydrogen) atoms. The number of halogens is 1. The molecule has 1 fully saturated rings. The lowest BCUT2D eigenvalue weighted by molar-refractivity contribution is -0.146. The minimum absolute atomic E-state index is 0. The summed E-state index contributed by atoms with van der Waals surface area (Å²) in [7, 11) is 0. The molecule has 0 bridgehead atoms. The fraction of sp³-hybridized carbons (Fsp3) is 0.909. The number of hydrogen-bond donors (Lipinski definition) is 1. The first kappa shape index (κ1) is 14.7. The average molecular weight is 236 g/mol. The van der Waals surface area contributed by atoms with Crippen molar-refractivity contribution in [1.82, 2.24) is 5.32 Å². The lowest BCUT2D eigenvalue weighted by Crippen LogP contribution is -2.41. The predicted molar refractivity (Wildman–Crippen MR) is 63.4 cm³/mol. The lowest BCUT2D eigenvalue weighted by Gasteiger charge is -2.21. The van der Waals surface area contributed by atoms with Gasteiger partial charge in [0.2, 0.25) is 0 Å². The van der Waals surface area contributed by atoms with Crippen molar-refractivity contribution in [2.75, 3.05) is 13.2 Å². The molecule has 0 radical (unpaired) electrons. The van der Waals surface area contributed by atoms with Gasteiger partial charge < -0.3 is 10.1 Å². The number of rotatable bonds is 5. The molecule has 90 valence electrons. The molecule has 1 saturated heterocycles. The molecule has 0 amide bonds. The van der Waals surface area contributed by atoms with Crippen molar-refractivity contribution < 1.29 is 9.53 Å². The molecule has 0 aromatic rings. The van der Waals surface area contributed by atoms with Gasteiger partial charge in [0.1, 0.15) is 6.04 Å². The number of piperidine rings is 1. The van der Waals surface area contributed by atoms with Crippen molar-refractivity contribution in [1.29, 1.82) is 0 Å². The number of unbranched alkanes of at least 4 members (excludes halogenated alkanes) is 2. The maximum absolute atomic E-state index is 11.5. The Labute approximate surface area is 98.4 Å². The average Bonchev–Trinajstić information content (AvgIpc) is 2.25. The van der Waals surface area contributed by atoms with E-state index in [0.29, 0.717) is 6.61 Å². The van der Waals surface area contributed by atoms with Gasteiger partial charge in [-0.15, -0.1) is 12.4 Å². The molecule has 4 heteroatoms. The highest BCUT2D eigenvalue weighted by Crippen LogP contribution is 2.08. The summed E-state index contributed by atoms with van der Waals surface area (Å²) < 4.78 is 5.18. The highest BCUT2D eigenvalue weighted by Gasteiger charge is 2.21. The van der Waals surface area contributed by atoms with Crippen LogP contribution in [0.2, 0.25) is 0 Å². The van der Waals surface area contributed by atoms with E-state index in [1.54, 1.807) is 0 Å². The predicted octanol–water partition coefficient (Wildman–Crippen LogP) is 2.28. The van der Waals surface area contributed by atoms with Gasteiger partial charge in [-0.2, -0.15) is 0 Å². The van der Waals surface area contributed by atoms with Crippen molar-refractivity contribution in [2.45, 2.75) is 51.5 Å². The van der Waals surface area contributed by atoms with E-state index in [4.69, 9.17) is 4.74 Å². The zero-order chi connectivity index (χ0) is 10.2. The second kappa shape index (κ2) is 8.98. The number of carbonyl (C=O) groups excluding carboxylic acids is 1. The van der Waals surface area contributed by atoms with Gasteiger partial charge in [0.05, 0.1) is 6.61 Å². The first-order chi connectivity index (χ1) is 6.84. The fourth-order valence-electron chi connectivity index (χ4n) is 1.68. The SMILES string of the molecule is CCCCCOC(=O)C1CCCCN1.Cl. The van der Waals surface area contributed by atoms with E-state index in [1.165, 1.54) is 12.8 Å². The Bertz CT molecular complexity index is 170. The normalized spacial score (nSPS) is 20.5. The minimum atomic E-state index is -0.0548. The van der Waals surface area contributed by atoms with Crippen molar-refractivity contribution >= 4 is 18.4 Å². The van der Waals surface area contributed by atoms with Crippen molar-refractivity contribution in [3.05, 3.63) is 0 Å². The Morgan fingerprint density at radius 3 is 2.80 bits per heavy atom. The summed E-state index contributed by atoms with van der Waals surface area (Å²) in [5.41, 5.74) is 0. The molecule has 0 saturated carbocycles. The van der Waals surface area contributed by atoms with Crippen LogP contribution in [0.1, 0.15) is 45.4 Å². The number of esters is 1. The lowest BCUT2D eigenvalue weighted by atomic mass is 10.1. The molecule has 0 aromatic carbocycles. The van der Waals surface area contributed by atoms with E-state index >= 15 is 0 Å². The second-order valence-electron chi connectivity index (χ2n) is 3.88. The van der Waals surface area contributed by atoms with Crippen LogP contribution in [0.25, 0.3) is 0 Å². The monoisotopic (exact) mass is 235 g/mol. The third kappa shape index (κ3) is 6.00. The standard InChI is InChI=1S/C11H21NO2.ClH/c1-2-3-6-9-14-11(13)10-7-4-5-8-12-10;/h10,12H,2-9H2,1H3;1H. The molecule has 0 aliphatic carbocycles. The van der Waals surface area contributed by atoms with Gasteiger partial charge >= 0.3 is 5.97 Å². The van der Waals surface area contributed by atoms with Crippen LogP contribution in [-0.2, 0) is 9.53 Å². The summed E-state index contributed by atoms with van der Waals surface area (Å²) in [5, 5.41) is 3.19. The van der Waals surface area contributed by atoms with Gasteiger partial charge in [-0.3, -0.25) is 4.79 Å². The van der Waals surface area contributed by atoms with Crippen LogP contribution in [0.5, 0.6) is 0 Å². The summed E-state index contributed by atoms with van der Waals surface area (Å²) >= 11 is 0. The Kier molecular flexibility index (Phi) is 8.82. The second-order valence-corrected chi connectivity index (χ2v) is 3.88. The highest BCUT2D eigenvalue weighted by molar-refractivity contribution is 5.85. The molecule has 1 aliphatic heterocycles. The Morgan fingerprint density at radius 1 is 1.40 bits per heavy atom. The molecular formula is C11H22ClNO2. The molecule has 3 nitrogen and oxygen atoms in total. The first-order valence-electron chi connectivity index (χ1n) is 5.74. The van der Waals surface area contributed by atoms with E-state index < -0.39 is 0 Å². The molecule has 1 heterocycles. The smallest absolute Gasteiger partial charge is 0.323 e.